The standard InChI is InChI=1S/C6H7NOS/c1-4-7-2-6(9-4)5-3-8-5/h2,5H,3H2,1H3/t5-/m0/s1. The lowest BCUT2D eigenvalue weighted by Gasteiger charge is -1.78. The van der Waals surface area contributed by atoms with Gasteiger partial charge in [-0.3, -0.25) is 0 Å². The first-order valence-corrected chi connectivity index (χ1v) is 3.72. The molecule has 0 saturated carbocycles. The molecule has 9 heavy (non-hydrogen) atoms. The van der Waals surface area contributed by atoms with Crippen LogP contribution in [0.1, 0.15) is 16.0 Å². The van der Waals surface area contributed by atoms with Crippen molar-refractivity contribution in [2.24, 2.45) is 0 Å². The molecule has 0 amide bonds. The monoisotopic (exact) mass is 141 g/mol. The quantitative estimate of drug-likeness (QED) is 0.554. The summed E-state index contributed by atoms with van der Waals surface area (Å²) in [5.41, 5.74) is 0. The average molecular weight is 141 g/mol. The molecule has 1 atom stereocenters. The Morgan fingerprint density at radius 2 is 2.67 bits per heavy atom. The Kier molecular flexibility index (Phi) is 1.07. The summed E-state index contributed by atoms with van der Waals surface area (Å²) in [6.07, 6.45) is 2.29. The average Bonchev–Trinajstić information content (AvgIpc) is 2.58. The molecule has 1 saturated heterocycles. The van der Waals surface area contributed by atoms with Gasteiger partial charge in [-0.25, -0.2) is 4.98 Å². The van der Waals surface area contributed by atoms with Gasteiger partial charge in [-0.05, 0) is 6.92 Å². The van der Waals surface area contributed by atoms with E-state index in [0.717, 1.165) is 11.6 Å². The van der Waals surface area contributed by atoms with Gasteiger partial charge in [-0.15, -0.1) is 11.3 Å². The Hall–Kier alpha value is -0.410. The number of aromatic nitrogens is 1. The molecule has 2 heterocycles. The number of aryl methyl sites for hydroxylation is 1. The van der Waals surface area contributed by atoms with Gasteiger partial charge in [0.25, 0.3) is 0 Å². The van der Waals surface area contributed by atoms with Crippen LogP contribution in [0, 0.1) is 6.92 Å². The second-order valence-electron chi connectivity index (χ2n) is 2.10. The van der Waals surface area contributed by atoms with E-state index in [1.54, 1.807) is 11.3 Å². The van der Waals surface area contributed by atoms with Crippen LogP contribution in [0.4, 0.5) is 0 Å². The van der Waals surface area contributed by atoms with Crippen molar-refractivity contribution in [2.75, 3.05) is 6.61 Å². The van der Waals surface area contributed by atoms with Crippen LogP contribution >= 0.6 is 11.3 Å². The third kappa shape index (κ3) is 0.976. The first-order chi connectivity index (χ1) is 4.36. The fraction of sp³-hybridized carbons (Fsp3) is 0.500. The molecule has 1 aliphatic rings. The molecule has 1 aliphatic heterocycles. The number of thiazole rings is 1. The van der Waals surface area contributed by atoms with Crippen LogP contribution < -0.4 is 0 Å². The lowest BCUT2D eigenvalue weighted by atomic mass is 10.4. The summed E-state index contributed by atoms with van der Waals surface area (Å²) in [6, 6.07) is 0. The van der Waals surface area contributed by atoms with Crippen molar-refractivity contribution in [1.82, 2.24) is 4.98 Å². The topological polar surface area (TPSA) is 25.4 Å². The minimum atomic E-state index is 0.385. The molecule has 0 bridgehead atoms. The van der Waals surface area contributed by atoms with E-state index in [4.69, 9.17) is 4.74 Å². The summed E-state index contributed by atoms with van der Waals surface area (Å²) in [6.45, 7) is 2.90. The van der Waals surface area contributed by atoms with Gasteiger partial charge in [0.05, 0.1) is 16.5 Å². The predicted molar refractivity (Wildman–Crippen MR) is 35.5 cm³/mol. The van der Waals surface area contributed by atoms with Gasteiger partial charge in [0.15, 0.2) is 0 Å². The van der Waals surface area contributed by atoms with Gasteiger partial charge in [0, 0.05) is 6.20 Å². The largest absolute Gasteiger partial charge is 0.367 e. The van der Waals surface area contributed by atoms with Gasteiger partial charge >= 0.3 is 0 Å². The van der Waals surface area contributed by atoms with E-state index in [1.807, 2.05) is 13.1 Å². The molecule has 2 rings (SSSR count). The lowest BCUT2D eigenvalue weighted by molar-refractivity contribution is 0.418. The minimum absolute atomic E-state index is 0.385. The second kappa shape index (κ2) is 1.78. The van der Waals surface area contributed by atoms with Crippen molar-refractivity contribution in [3.05, 3.63) is 16.1 Å². The van der Waals surface area contributed by atoms with Crippen molar-refractivity contribution in [3.8, 4) is 0 Å². The number of hydrogen-bond acceptors (Lipinski definition) is 3. The molecule has 0 unspecified atom stereocenters. The van der Waals surface area contributed by atoms with Crippen LogP contribution in [-0.4, -0.2) is 11.6 Å². The molecule has 0 aliphatic carbocycles. The summed E-state index contributed by atoms with van der Waals surface area (Å²) < 4.78 is 5.08. The maximum Gasteiger partial charge on any atom is 0.117 e. The zero-order valence-corrected chi connectivity index (χ0v) is 5.94. The molecule has 1 aromatic heterocycles. The van der Waals surface area contributed by atoms with Crippen LogP contribution in [0.15, 0.2) is 6.20 Å². The minimum Gasteiger partial charge on any atom is -0.367 e. The van der Waals surface area contributed by atoms with E-state index in [9.17, 15) is 0 Å². The predicted octanol–water partition coefficient (Wildman–Crippen LogP) is 1.52. The molecule has 0 spiro atoms. The molecular formula is C6H7NOS. The SMILES string of the molecule is Cc1ncc([C@@H]2CO2)s1. The number of rotatable bonds is 1. The fourth-order valence-corrected chi connectivity index (χ4v) is 1.56. The van der Waals surface area contributed by atoms with E-state index >= 15 is 0 Å². The Morgan fingerprint density at radius 3 is 3.11 bits per heavy atom. The Bertz CT molecular complexity index is 217. The highest BCUT2D eigenvalue weighted by atomic mass is 32.1. The highest BCUT2D eigenvalue weighted by Gasteiger charge is 2.26. The highest BCUT2D eigenvalue weighted by molar-refractivity contribution is 7.11. The summed E-state index contributed by atoms with van der Waals surface area (Å²) in [5.74, 6) is 0. The number of ether oxygens (including phenoxy) is 1. The van der Waals surface area contributed by atoms with Crippen LogP contribution in [0.5, 0.6) is 0 Å². The Balaban J connectivity index is 2.28. The molecule has 0 radical (unpaired) electrons. The van der Waals surface area contributed by atoms with Gasteiger partial charge in [-0.2, -0.15) is 0 Å². The van der Waals surface area contributed by atoms with E-state index in [1.165, 1.54) is 4.88 Å². The molecular weight excluding hydrogens is 134 g/mol. The Labute approximate surface area is 57.5 Å². The normalized spacial score (nSPS) is 24.3. The maximum absolute atomic E-state index is 5.08. The van der Waals surface area contributed by atoms with E-state index in [-0.39, 0.29) is 0 Å². The zero-order valence-electron chi connectivity index (χ0n) is 5.13. The first kappa shape index (κ1) is 5.38. The van der Waals surface area contributed by atoms with Crippen LogP contribution in [0.2, 0.25) is 0 Å². The van der Waals surface area contributed by atoms with Gasteiger partial charge in [0.2, 0.25) is 0 Å². The van der Waals surface area contributed by atoms with Crippen molar-refractivity contribution in [1.29, 1.82) is 0 Å². The number of nitrogens with zero attached hydrogens (tertiary/aromatic N) is 1. The second-order valence-corrected chi connectivity index (χ2v) is 3.37. The summed E-state index contributed by atoms with van der Waals surface area (Å²) in [4.78, 5) is 5.39. The van der Waals surface area contributed by atoms with E-state index < -0.39 is 0 Å². The highest BCUT2D eigenvalue weighted by Crippen LogP contribution is 2.33. The third-order valence-corrected chi connectivity index (χ3v) is 2.29. The van der Waals surface area contributed by atoms with Crippen molar-refractivity contribution in [3.63, 3.8) is 0 Å². The van der Waals surface area contributed by atoms with Crippen LogP contribution in [0.3, 0.4) is 0 Å². The first-order valence-electron chi connectivity index (χ1n) is 2.90. The van der Waals surface area contributed by atoms with Crippen LogP contribution in [-0.2, 0) is 4.74 Å². The van der Waals surface area contributed by atoms with E-state index in [0.29, 0.717) is 6.10 Å². The van der Waals surface area contributed by atoms with Gasteiger partial charge < -0.3 is 4.74 Å². The maximum atomic E-state index is 5.08. The summed E-state index contributed by atoms with van der Waals surface area (Å²) in [5, 5.41) is 1.13. The van der Waals surface area contributed by atoms with Gasteiger partial charge in [-0.1, -0.05) is 0 Å². The summed E-state index contributed by atoms with van der Waals surface area (Å²) >= 11 is 1.72. The molecule has 2 nitrogen and oxygen atoms in total. The molecule has 0 N–H and O–H groups in total. The smallest absolute Gasteiger partial charge is 0.117 e. The molecule has 1 aromatic rings. The third-order valence-electron chi connectivity index (χ3n) is 1.29. The zero-order chi connectivity index (χ0) is 6.27. The van der Waals surface area contributed by atoms with Crippen LogP contribution in [0.25, 0.3) is 0 Å². The number of hydrogen-bond donors (Lipinski definition) is 0. The molecule has 48 valence electrons. The van der Waals surface area contributed by atoms with E-state index in [2.05, 4.69) is 4.98 Å². The fourth-order valence-electron chi connectivity index (χ4n) is 0.739. The lowest BCUT2D eigenvalue weighted by Crippen LogP contribution is -1.67. The summed E-state index contributed by atoms with van der Waals surface area (Å²) in [7, 11) is 0. The van der Waals surface area contributed by atoms with Crippen molar-refractivity contribution >= 4 is 11.3 Å². The van der Waals surface area contributed by atoms with Crippen molar-refractivity contribution in [2.45, 2.75) is 13.0 Å². The van der Waals surface area contributed by atoms with Gasteiger partial charge in [0.1, 0.15) is 6.10 Å². The molecule has 3 heteroatoms. The van der Waals surface area contributed by atoms with Crippen molar-refractivity contribution < 1.29 is 4.74 Å². The Morgan fingerprint density at radius 1 is 1.89 bits per heavy atom. The molecule has 1 fully saturated rings. The number of epoxide rings is 1. The molecule has 0 aromatic carbocycles.